The molecule has 0 aliphatic heterocycles. The van der Waals surface area contributed by atoms with Crippen LogP contribution in [0.4, 0.5) is 0 Å². The summed E-state index contributed by atoms with van der Waals surface area (Å²) >= 11 is 0. The Balaban J connectivity index is 2.52. The molecule has 0 fully saturated rings. The fourth-order valence-corrected chi connectivity index (χ4v) is 1.71. The molecule has 84 valence electrons. The van der Waals surface area contributed by atoms with Gasteiger partial charge >= 0.3 is 0 Å². The highest BCUT2D eigenvalue weighted by Gasteiger charge is 2.28. The van der Waals surface area contributed by atoms with Crippen molar-refractivity contribution in [1.82, 2.24) is 10.3 Å². The molecule has 2 N–H and O–H groups in total. The largest absolute Gasteiger partial charge is 0.360 e. The van der Waals surface area contributed by atoms with Crippen molar-refractivity contribution >= 4 is 16.7 Å². The molecule has 1 aromatic carbocycles. The van der Waals surface area contributed by atoms with E-state index < -0.39 is 5.54 Å². The summed E-state index contributed by atoms with van der Waals surface area (Å²) in [7, 11) is 1.80. The van der Waals surface area contributed by atoms with Crippen molar-refractivity contribution in [2.75, 3.05) is 7.05 Å². The standard InChI is InChI=1S/C13H16N2O/c1-13(2,14-3)12(16)10-8-15-11-7-5-4-6-9(10)11/h4-8,14-15H,1-3H3. The number of Topliss-reactive ketones (excluding diaryl/α,β-unsaturated/α-hetero) is 1. The molecule has 0 unspecified atom stereocenters. The Morgan fingerprint density at radius 3 is 2.69 bits per heavy atom. The van der Waals surface area contributed by atoms with Gasteiger partial charge in [-0.2, -0.15) is 0 Å². The molecule has 0 radical (unpaired) electrons. The van der Waals surface area contributed by atoms with Crippen LogP contribution in [0, 0.1) is 0 Å². The summed E-state index contributed by atoms with van der Waals surface area (Å²) in [5, 5.41) is 4.01. The van der Waals surface area contributed by atoms with E-state index in [1.54, 1.807) is 13.2 Å². The number of likely N-dealkylation sites (N-methyl/N-ethyl adjacent to an activating group) is 1. The molecule has 0 spiro atoms. The molecule has 0 aliphatic rings. The van der Waals surface area contributed by atoms with Crippen molar-refractivity contribution in [3.05, 3.63) is 36.0 Å². The van der Waals surface area contributed by atoms with Gasteiger partial charge in [0.25, 0.3) is 0 Å². The third-order valence-electron chi connectivity index (χ3n) is 3.03. The summed E-state index contributed by atoms with van der Waals surface area (Å²) in [5.41, 5.74) is 1.21. The number of hydrogen-bond donors (Lipinski definition) is 2. The van der Waals surface area contributed by atoms with Crippen LogP contribution in [0.15, 0.2) is 30.5 Å². The first-order valence-corrected chi connectivity index (χ1v) is 5.36. The number of ketones is 1. The molecule has 16 heavy (non-hydrogen) atoms. The Kier molecular flexibility index (Phi) is 2.56. The highest BCUT2D eigenvalue weighted by atomic mass is 16.1. The number of H-pyrrole nitrogens is 1. The second-order valence-electron chi connectivity index (χ2n) is 4.45. The first-order valence-electron chi connectivity index (χ1n) is 5.36. The van der Waals surface area contributed by atoms with E-state index in [1.807, 2.05) is 38.1 Å². The number of aromatic nitrogens is 1. The summed E-state index contributed by atoms with van der Waals surface area (Å²) < 4.78 is 0. The fourth-order valence-electron chi connectivity index (χ4n) is 1.71. The van der Waals surface area contributed by atoms with E-state index in [0.29, 0.717) is 0 Å². The van der Waals surface area contributed by atoms with E-state index in [9.17, 15) is 4.79 Å². The zero-order chi connectivity index (χ0) is 11.8. The third-order valence-corrected chi connectivity index (χ3v) is 3.03. The number of hydrogen-bond acceptors (Lipinski definition) is 2. The number of aromatic amines is 1. The maximum atomic E-state index is 12.3. The molecule has 0 atom stereocenters. The quantitative estimate of drug-likeness (QED) is 0.773. The van der Waals surface area contributed by atoms with E-state index in [0.717, 1.165) is 16.5 Å². The maximum Gasteiger partial charge on any atom is 0.184 e. The van der Waals surface area contributed by atoms with E-state index in [-0.39, 0.29) is 5.78 Å². The number of benzene rings is 1. The lowest BCUT2D eigenvalue weighted by Gasteiger charge is -2.21. The number of carbonyl (C=O) groups is 1. The molecule has 0 bridgehead atoms. The fraction of sp³-hybridized carbons (Fsp3) is 0.308. The summed E-state index contributed by atoms with van der Waals surface area (Å²) in [6.45, 7) is 3.77. The molecule has 0 saturated carbocycles. The Labute approximate surface area is 94.9 Å². The van der Waals surface area contributed by atoms with E-state index in [4.69, 9.17) is 0 Å². The van der Waals surface area contributed by atoms with Gasteiger partial charge in [0.1, 0.15) is 0 Å². The Morgan fingerprint density at radius 2 is 2.00 bits per heavy atom. The van der Waals surface area contributed by atoms with Gasteiger partial charge in [-0.25, -0.2) is 0 Å². The molecule has 0 aliphatic carbocycles. The normalized spacial score (nSPS) is 11.9. The second-order valence-corrected chi connectivity index (χ2v) is 4.45. The second kappa shape index (κ2) is 3.76. The van der Waals surface area contributed by atoms with Crippen LogP contribution in [0.1, 0.15) is 24.2 Å². The van der Waals surface area contributed by atoms with Crippen LogP contribution in [0.2, 0.25) is 0 Å². The molecule has 2 aromatic rings. The van der Waals surface area contributed by atoms with Crippen LogP contribution >= 0.6 is 0 Å². The lowest BCUT2D eigenvalue weighted by Crippen LogP contribution is -2.44. The van der Waals surface area contributed by atoms with Crippen LogP contribution in [0.25, 0.3) is 10.9 Å². The van der Waals surface area contributed by atoms with E-state index >= 15 is 0 Å². The van der Waals surface area contributed by atoms with Gasteiger partial charge in [0.2, 0.25) is 0 Å². The lowest BCUT2D eigenvalue weighted by atomic mass is 9.93. The van der Waals surface area contributed by atoms with Crippen molar-refractivity contribution in [1.29, 1.82) is 0 Å². The number of fused-ring (bicyclic) bond motifs is 1. The highest BCUT2D eigenvalue weighted by molar-refractivity contribution is 6.11. The molecular weight excluding hydrogens is 200 g/mol. The SMILES string of the molecule is CNC(C)(C)C(=O)c1c[nH]c2ccccc12. The minimum Gasteiger partial charge on any atom is -0.360 e. The van der Waals surface area contributed by atoms with E-state index in [2.05, 4.69) is 10.3 Å². The average molecular weight is 216 g/mol. The van der Waals surface area contributed by atoms with Crippen LogP contribution < -0.4 is 5.32 Å². The molecule has 3 heteroatoms. The Hall–Kier alpha value is -1.61. The molecular formula is C13H16N2O. The Morgan fingerprint density at radius 1 is 1.31 bits per heavy atom. The first-order chi connectivity index (χ1) is 7.56. The van der Waals surface area contributed by atoms with Gasteiger partial charge in [-0.05, 0) is 27.0 Å². The smallest absolute Gasteiger partial charge is 0.184 e. The van der Waals surface area contributed by atoms with Crippen LogP contribution in [0.5, 0.6) is 0 Å². The number of carbonyl (C=O) groups excluding carboxylic acids is 1. The predicted molar refractivity (Wildman–Crippen MR) is 65.8 cm³/mol. The van der Waals surface area contributed by atoms with Crippen molar-refractivity contribution in [3.63, 3.8) is 0 Å². The topological polar surface area (TPSA) is 44.9 Å². The van der Waals surface area contributed by atoms with Gasteiger partial charge in [-0.15, -0.1) is 0 Å². The third kappa shape index (κ3) is 1.63. The monoisotopic (exact) mass is 216 g/mol. The Bertz CT molecular complexity index is 525. The molecule has 3 nitrogen and oxygen atoms in total. The minimum absolute atomic E-state index is 0.104. The first kappa shape index (κ1) is 10.9. The average Bonchev–Trinajstić information content (AvgIpc) is 2.71. The van der Waals surface area contributed by atoms with Gasteiger partial charge in [0.15, 0.2) is 5.78 Å². The van der Waals surface area contributed by atoms with Crippen LogP contribution in [-0.4, -0.2) is 23.4 Å². The van der Waals surface area contributed by atoms with Crippen molar-refractivity contribution in [3.8, 4) is 0 Å². The zero-order valence-electron chi connectivity index (χ0n) is 9.79. The van der Waals surface area contributed by atoms with Crippen molar-refractivity contribution in [2.24, 2.45) is 0 Å². The number of para-hydroxylation sites is 1. The van der Waals surface area contributed by atoms with Gasteiger partial charge in [-0.1, -0.05) is 18.2 Å². The summed E-state index contributed by atoms with van der Waals surface area (Å²) in [4.78, 5) is 15.4. The minimum atomic E-state index is -0.537. The molecule has 0 saturated heterocycles. The highest BCUT2D eigenvalue weighted by Crippen LogP contribution is 2.22. The molecule has 1 heterocycles. The number of nitrogens with one attached hydrogen (secondary N) is 2. The molecule has 1 aromatic heterocycles. The molecule has 0 amide bonds. The maximum absolute atomic E-state index is 12.3. The summed E-state index contributed by atoms with van der Waals surface area (Å²) in [5.74, 6) is 0.104. The lowest BCUT2D eigenvalue weighted by molar-refractivity contribution is 0.0891. The van der Waals surface area contributed by atoms with Crippen molar-refractivity contribution < 1.29 is 4.79 Å². The predicted octanol–water partition coefficient (Wildman–Crippen LogP) is 2.35. The van der Waals surface area contributed by atoms with Gasteiger partial charge < -0.3 is 10.3 Å². The zero-order valence-corrected chi connectivity index (χ0v) is 9.79. The van der Waals surface area contributed by atoms with E-state index in [1.165, 1.54) is 0 Å². The van der Waals surface area contributed by atoms with Gasteiger partial charge in [0.05, 0.1) is 5.54 Å². The van der Waals surface area contributed by atoms with Gasteiger partial charge in [-0.3, -0.25) is 4.79 Å². The van der Waals surface area contributed by atoms with Gasteiger partial charge in [0, 0.05) is 22.7 Å². The van der Waals surface area contributed by atoms with Crippen LogP contribution in [-0.2, 0) is 0 Å². The summed E-state index contributed by atoms with van der Waals surface area (Å²) in [6.07, 6.45) is 1.78. The summed E-state index contributed by atoms with van der Waals surface area (Å²) in [6, 6.07) is 7.83. The van der Waals surface area contributed by atoms with Crippen LogP contribution in [0.3, 0.4) is 0 Å². The number of rotatable bonds is 3. The molecule has 2 rings (SSSR count). The van der Waals surface area contributed by atoms with Crippen molar-refractivity contribution in [2.45, 2.75) is 19.4 Å².